The van der Waals surface area contributed by atoms with Crippen LogP contribution in [-0.2, 0) is 12.8 Å². The predicted molar refractivity (Wildman–Crippen MR) is 81.3 cm³/mol. The van der Waals surface area contributed by atoms with Gasteiger partial charge in [0.15, 0.2) is 0 Å². The summed E-state index contributed by atoms with van der Waals surface area (Å²) in [4.78, 5) is 0.559. The van der Waals surface area contributed by atoms with E-state index in [1.807, 2.05) is 0 Å². The van der Waals surface area contributed by atoms with Gasteiger partial charge in [0.2, 0.25) is 0 Å². The number of halogens is 1. The van der Waals surface area contributed by atoms with Crippen molar-refractivity contribution in [1.29, 1.82) is 0 Å². The predicted octanol–water partition coefficient (Wildman–Crippen LogP) is 5.58. The van der Waals surface area contributed by atoms with E-state index in [4.69, 9.17) is 0 Å². The van der Waals surface area contributed by atoms with Crippen LogP contribution in [0.2, 0.25) is 0 Å². The molecule has 1 heteroatoms. The van der Waals surface area contributed by atoms with Crippen molar-refractivity contribution in [2.45, 2.75) is 63.1 Å². The van der Waals surface area contributed by atoms with Crippen molar-refractivity contribution in [3.8, 4) is 0 Å². The lowest BCUT2D eigenvalue weighted by molar-refractivity contribution is 0.279. The minimum Gasteiger partial charge on any atom is -0.0833 e. The second-order valence-electron chi connectivity index (χ2n) is 6.17. The quantitative estimate of drug-likeness (QED) is 0.639. The standard InChI is InChI=1S/C17H23Br/c1-2-17(10-3-4-11-17)16(18)15-9-8-13-6-5-7-14(13)12-15/h8-9,12,16H,2-7,10-11H2,1H3. The minimum atomic E-state index is 0.521. The van der Waals surface area contributed by atoms with Gasteiger partial charge in [0.1, 0.15) is 0 Å². The molecule has 2 aliphatic carbocycles. The molecule has 1 aromatic rings. The second-order valence-corrected chi connectivity index (χ2v) is 7.08. The van der Waals surface area contributed by atoms with Crippen molar-refractivity contribution in [3.63, 3.8) is 0 Å². The van der Waals surface area contributed by atoms with Gasteiger partial charge in [-0.05, 0) is 60.6 Å². The van der Waals surface area contributed by atoms with Gasteiger partial charge in [-0.2, -0.15) is 0 Å². The van der Waals surface area contributed by atoms with Gasteiger partial charge in [-0.25, -0.2) is 0 Å². The van der Waals surface area contributed by atoms with Crippen LogP contribution in [0.1, 0.15) is 67.0 Å². The maximum absolute atomic E-state index is 4.04. The first-order valence-electron chi connectivity index (χ1n) is 7.51. The van der Waals surface area contributed by atoms with E-state index < -0.39 is 0 Å². The molecule has 0 nitrogen and oxygen atoms in total. The molecule has 0 bridgehead atoms. The van der Waals surface area contributed by atoms with Gasteiger partial charge in [-0.1, -0.05) is 53.9 Å². The first-order chi connectivity index (χ1) is 8.75. The Morgan fingerprint density at radius 2 is 1.83 bits per heavy atom. The van der Waals surface area contributed by atoms with Crippen LogP contribution in [-0.4, -0.2) is 0 Å². The van der Waals surface area contributed by atoms with Crippen LogP contribution in [0.25, 0.3) is 0 Å². The molecule has 0 N–H and O–H groups in total. The van der Waals surface area contributed by atoms with Gasteiger partial charge in [0.05, 0.1) is 0 Å². The third-order valence-electron chi connectivity index (χ3n) is 5.26. The molecule has 0 saturated heterocycles. The summed E-state index contributed by atoms with van der Waals surface area (Å²) in [7, 11) is 0. The van der Waals surface area contributed by atoms with Crippen molar-refractivity contribution in [2.24, 2.45) is 5.41 Å². The maximum atomic E-state index is 4.04. The van der Waals surface area contributed by atoms with Gasteiger partial charge >= 0.3 is 0 Å². The van der Waals surface area contributed by atoms with Crippen LogP contribution in [0.15, 0.2) is 18.2 Å². The van der Waals surface area contributed by atoms with Crippen LogP contribution in [0.3, 0.4) is 0 Å². The third kappa shape index (κ3) is 2.05. The topological polar surface area (TPSA) is 0 Å². The van der Waals surface area contributed by atoms with E-state index in [0.717, 1.165) is 0 Å². The average molecular weight is 307 g/mol. The van der Waals surface area contributed by atoms with E-state index in [1.165, 1.54) is 56.9 Å². The van der Waals surface area contributed by atoms with Crippen molar-refractivity contribution >= 4 is 15.9 Å². The monoisotopic (exact) mass is 306 g/mol. The lowest BCUT2D eigenvalue weighted by atomic mass is 9.77. The Bertz CT molecular complexity index is 429. The van der Waals surface area contributed by atoms with E-state index in [9.17, 15) is 0 Å². The zero-order chi connectivity index (χ0) is 12.6. The molecule has 2 aliphatic rings. The highest BCUT2D eigenvalue weighted by Gasteiger charge is 2.39. The highest BCUT2D eigenvalue weighted by molar-refractivity contribution is 9.09. The molecule has 0 spiro atoms. The Morgan fingerprint density at radius 3 is 2.56 bits per heavy atom. The molecule has 1 atom stereocenters. The molecule has 0 aromatic heterocycles. The Kier molecular flexibility index (Phi) is 3.53. The van der Waals surface area contributed by atoms with E-state index in [1.54, 1.807) is 11.1 Å². The summed E-state index contributed by atoms with van der Waals surface area (Å²) >= 11 is 4.04. The smallest absolute Gasteiger partial charge is 0.0451 e. The van der Waals surface area contributed by atoms with Crippen molar-refractivity contribution in [3.05, 3.63) is 34.9 Å². The van der Waals surface area contributed by atoms with Crippen molar-refractivity contribution in [1.82, 2.24) is 0 Å². The van der Waals surface area contributed by atoms with E-state index in [2.05, 4.69) is 41.1 Å². The summed E-state index contributed by atoms with van der Waals surface area (Å²) in [5, 5.41) is 0. The molecule has 0 amide bonds. The van der Waals surface area contributed by atoms with Gasteiger partial charge in [0.25, 0.3) is 0 Å². The Hall–Kier alpha value is -0.300. The van der Waals surface area contributed by atoms with Gasteiger partial charge in [0, 0.05) is 4.83 Å². The molecule has 1 saturated carbocycles. The van der Waals surface area contributed by atoms with Crippen LogP contribution in [0.4, 0.5) is 0 Å². The van der Waals surface area contributed by atoms with Gasteiger partial charge in [-0.15, -0.1) is 0 Å². The number of hydrogen-bond acceptors (Lipinski definition) is 0. The molecule has 98 valence electrons. The third-order valence-corrected chi connectivity index (χ3v) is 6.76. The first kappa shape index (κ1) is 12.7. The highest BCUT2D eigenvalue weighted by Crippen LogP contribution is 2.54. The number of hydrogen-bond donors (Lipinski definition) is 0. The SMILES string of the molecule is CCC1(C(Br)c2ccc3c(c2)CCC3)CCCC1. The molecule has 0 radical (unpaired) electrons. The highest BCUT2D eigenvalue weighted by atomic mass is 79.9. The van der Waals surface area contributed by atoms with E-state index in [0.29, 0.717) is 10.2 Å². The van der Waals surface area contributed by atoms with Gasteiger partial charge in [-0.3, -0.25) is 0 Å². The maximum Gasteiger partial charge on any atom is 0.0451 e. The summed E-state index contributed by atoms with van der Waals surface area (Å²) in [5.41, 5.74) is 5.25. The van der Waals surface area contributed by atoms with Crippen molar-refractivity contribution < 1.29 is 0 Å². The summed E-state index contributed by atoms with van der Waals surface area (Å²) in [5.74, 6) is 0. The minimum absolute atomic E-state index is 0.521. The number of fused-ring (bicyclic) bond motifs is 1. The molecule has 18 heavy (non-hydrogen) atoms. The largest absolute Gasteiger partial charge is 0.0833 e. The Morgan fingerprint density at radius 1 is 1.11 bits per heavy atom. The Balaban J connectivity index is 1.89. The number of benzene rings is 1. The molecule has 0 heterocycles. The molecular weight excluding hydrogens is 284 g/mol. The molecule has 3 rings (SSSR count). The second kappa shape index (κ2) is 5.00. The summed E-state index contributed by atoms with van der Waals surface area (Å²) in [6, 6.07) is 7.24. The zero-order valence-electron chi connectivity index (χ0n) is 11.3. The molecule has 1 unspecified atom stereocenters. The number of rotatable bonds is 3. The number of aryl methyl sites for hydroxylation is 2. The normalized spacial score (nSPS) is 23.0. The molecule has 1 fully saturated rings. The fraction of sp³-hybridized carbons (Fsp3) is 0.647. The molecular formula is C17H23Br. The molecule has 1 aromatic carbocycles. The number of alkyl halides is 1. The lowest BCUT2D eigenvalue weighted by Gasteiger charge is -2.33. The van der Waals surface area contributed by atoms with E-state index in [-0.39, 0.29) is 0 Å². The summed E-state index contributed by atoms with van der Waals surface area (Å²) in [6.07, 6.45) is 10.9. The fourth-order valence-corrected chi connectivity index (χ4v) is 5.03. The van der Waals surface area contributed by atoms with Crippen LogP contribution < -0.4 is 0 Å². The Labute approximate surface area is 119 Å². The summed E-state index contributed by atoms with van der Waals surface area (Å²) < 4.78 is 0. The fourth-order valence-electron chi connectivity index (χ4n) is 3.97. The van der Waals surface area contributed by atoms with Gasteiger partial charge < -0.3 is 0 Å². The average Bonchev–Trinajstić information content (AvgIpc) is 3.06. The van der Waals surface area contributed by atoms with Crippen LogP contribution >= 0.6 is 15.9 Å². The first-order valence-corrected chi connectivity index (χ1v) is 8.42. The van der Waals surface area contributed by atoms with Crippen LogP contribution in [0, 0.1) is 5.41 Å². The zero-order valence-corrected chi connectivity index (χ0v) is 12.9. The van der Waals surface area contributed by atoms with Crippen molar-refractivity contribution in [2.75, 3.05) is 0 Å². The molecule has 0 aliphatic heterocycles. The van der Waals surface area contributed by atoms with Crippen LogP contribution in [0.5, 0.6) is 0 Å². The van der Waals surface area contributed by atoms with E-state index >= 15 is 0 Å². The summed E-state index contributed by atoms with van der Waals surface area (Å²) in [6.45, 7) is 2.37. The lowest BCUT2D eigenvalue weighted by Crippen LogP contribution is -2.21.